The summed E-state index contributed by atoms with van der Waals surface area (Å²) >= 11 is 0. The van der Waals surface area contributed by atoms with Gasteiger partial charge in [-0.3, -0.25) is 4.79 Å². The molecule has 2 heterocycles. The first-order chi connectivity index (χ1) is 14.0. The number of anilines is 1. The highest BCUT2D eigenvalue weighted by Gasteiger charge is 2.26. The van der Waals surface area contributed by atoms with Crippen molar-refractivity contribution >= 4 is 21.6 Å². The smallest absolute Gasteiger partial charge is 0.287 e. The number of amides is 1. The third-order valence-corrected chi connectivity index (χ3v) is 6.26. The first-order valence-corrected chi connectivity index (χ1v) is 11.4. The Morgan fingerprint density at radius 1 is 1.07 bits per heavy atom. The fraction of sp³-hybridized carbons (Fsp3) is 0.476. The lowest BCUT2D eigenvalue weighted by atomic mass is 10.1. The van der Waals surface area contributed by atoms with E-state index in [1.165, 1.54) is 12.1 Å². The maximum atomic E-state index is 12.5. The molecular weight excluding hydrogens is 406 g/mol. The van der Waals surface area contributed by atoms with Crippen molar-refractivity contribution < 1.29 is 22.4 Å². The molecule has 1 aromatic heterocycles. The first-order valence-electron chi connectivity index (χ1n) is 9.92. The molecule has 0 bridgehead atoms. The summed E-state index contributed by atoms with van der Waals surface area (Å²) < 4.78 is 37.9. The number of furan rings is 1. The van der Waals surface area contributed by atoms with E-state index in [4.69, 9.17) is 9.15 Å². The summed E-state index contributed by atoms with van der Waals surface area (Å²) in [5.41, 5.74) is 1.40. The van der Waals surface area contributed by atoms with Gasteiger partial charge in [-0.2, -0.15) is 0 Å². The molecule has 1 amide bonds. The monoisotopic (exact) mass is 435 g/mol. The molecule has 8 nitrogen and oxygen atoms in total. The van der Waals surface area contributed by atoms with Gasteiger partial charge in [-0.1, -0.05) is 12.1 Å². The maximum absolute atomic E-state index is 12.5. The van der Waals surface area contributed by atoms with Crippen LogP contribution >= 0.6 is 0 Å². The van der Waals surface area contributed by atoms with E-state index >= 15 is 0 Å². The number of carbonyl (C=O) groups excluding carboxylic acids is 1. The highest BCUT2D eigenvalue weighted by Crippen LogP contribution is 2.21. The van der Waals surface area contributed by atoms with Crippen molar-refractivity contribution in [2.45, 2.75) is 44.4 Å². The van der Waals surface area contributed by atoms with Crippen LogP contribution in [0.25, 0.3) is 0 Å². The van der Waals surface area contributed by atoms with E-state index in [1.54, 1.807) is 20.8 Å². The van der Waals surface area contributed by atoms with Gasteiger partial charge in [0.2, 0.25) is 5.09 Å². The highest BCUT2D eigenvalue weighted by molar-refractivity contribution is 7.89. The summed E-state index contributed by atoms with van der Waals surface area (Å²) in [5.74, 6) is -0.530. The molecule has 1 aliphatic rings. The number of sulfonamides is 1. The quantitative estimate of drug-likeness (QED) is 0.724. The summed E-state index contributed by atoms with van der Waals surface area (Å²) in [6.07, 6.45) is 0. The molecule has 0 radical (unpaired) electrons. The second kappa shape index (κ2) is 8.79. The van der Waals surface area contributed by atoms with Gasteiger partial charge >= 0.3 is 0 Å². The number of ether oxygens (including phenoxy) is 1. The molecule has 0 aliphatic carbocycles. The lowest BCUT2D eigenvalue weighted by Crippen LogP contribution is -2.40. The molecule has 164 valence electrons. The second-order valence-corrected chi connectivity index (χ2v) is 9.97. The second-order valence-electron chi connectivity index (χ2n) is 8.36. The number of morpholine rings is 1. The van der Waals surface area contributed by atoms with Crippen molar-refractivity contribution in [2.75, 3.05) is 31.2 Å². The molecule has 2 N–H and O–H groups in total. The summed E-state index contributed by atoms with van der Waals surface area (Å²) in [4.78, 5) is 14.8. The van der Waals surface area contributed by atoms with Gasteiger partial charge in [0.1, 0.15) is 0 Å². The van der Waals surface area contributed by atoms with Crippen molar-refractivity contribution in [2.24, 2.45) is 0 Å². The normalized spacial score (nSPS) is 16.3. The van der Waals surface area contributed by atoms with Crippen LogP contribution in [0.15, 0.2) is 45.9 Å². The Morgan fingerprint density at radius 3 is 2.30 bits per heavy atom. The molecule has 30 heavy (non-hydrogen) atoms. The van der Waals surface area contributed by atoms with E-state index in [0.717, 1.165) is 37.6 Å². The number of hydrogen-bond donors (Lipinski definition) is 2. The Labute approximate surface area is 177 Å². The van der Waals surface area contributed by atoms with E-state index in [0.29, 0.717) is 0 Å². The van der Waals surface area contributed by atoms with Crippen molar-refractivity contribution in [3.63, 3.8) is 0 Å². The summed E-state index contributed by atoms with van der Waals surface area (Å²) in [6.45, 7) is 10.2. The van der Waals surface area contributed by atoms with Gasteiger partial charge in [0.05, 0.1) is 19.3 Å². The van der Waals surface area contributed by atoms with Crippen LogP contribution in [-0.4, -0.2) is 46.2 Å². The molecule has 0 saturated carbocycles. The standard InChI is InChI=1S/C21H29N3O5S/c1-15(16-5-7-17(8-6-16)24-11-13-28-14-12-24)22-20(25)18-9-10-19(29-18)30(26,27)23-21(2,3)4/h5-10,15,23H,11-14H2,1-4H3,(H,22,25). The average Bonchev–Trinajstić information content (AvgIpc) is 3.18. The van der Waals surface area contributed by atoms with Gasteiger partial charge in [0.15, 0.2) is 5.76 Å². The van der Waals surface area contributed by atoms with Gasteiger partial charge in [0, 0.05) is 24.3 Å². The zero-order valence-corrected chi connectivity index (χ0v) is 18.6. The van der Waals surface area contributed by atoms with Gasteiger partial charge in [-0.25, -0.2) is 13.1 Å². The molecule has 2 aromatic rings. The van der Waals surface area contributed by atoms with Crippen LogP contribution in [0.4, 0.5) is 5.69 Å². The van der Waals surface area contributed by atoms with Crippen LogP contribution in [-0.2, 0) is 14.8 Å². The Kier molecular flexibility index (Phi) is 6.54. The fourth-order valence-electron chi connectivity index (χ4n) is 3.19. The highest BCUT2D eigenvalue weighted by atomic mass is 32.2. The van der Waals surface area contributed by atoms with Crippen molar-refractivity contribution in [3.8, 4) is 0 Å². The Bertz CT molecular complexity index is 971. The Balaban J connectivity index is 1.64. The van der Waals surface area contributed by atoms with Crippen LogP contribution < -0.4 is 14.9 Å². The van der Waals surface area contributed by atoms with Crippen LogP contribution in [0.5, 0.6) is 0 Å². The van der Waals surface area contributed by atoms with Crippen LogP contribution in [0.2, 0.25) is 0 Å². The van der Waals surface area contributed by atoms with E-state index in [1.807, 2.05) is 31.2 Å². The van der Waals surface area contributed by atoms with E-state index in [2.05, 4.69) is 14.9 Å². The van der Waals surface area contributed by atoms with Gasteiger partial charge in [-0.15, -0.1) is 0 Å². The molecule has 1 fully saturated rings. The molecule has 1 aromatic carbocycles. The third kappa shape index (κ3) is 5.62. The average molecular weight is 436 g/mol. The molecule has 1 aliphatic heterocycles. The lowest BCUT2D eigenvalue weighted by Gasteiger charge is -2.29. The van der Waals surface area contributed by atoms with E-state index in [-0.39, 0.29) is 16.9 Å². The molecule has 3 rings (SSSR count). The van der Waals surface area contributed by atoms with Crippen LogP contribution in [0.1, 0.15) is 49.9 Å². The molecule has 1 unspecified atom stereocenters. The minimum absolute atomic E-state index is 0.0546. The van der Waals surface area contributed by atoms with Crippen LogP contribution in [0.3, 0.4) is 0 Å². The Morgan fingerprint density at radius 2 is 1.70 bits per heavy atom. The number of nitrogens with one attached hydrogen (secondary N) is 2. The predicted octanol–water partition coefficient (Wildman–Crippen LogP) is 2.68. The lowest BCUT2D eigenvalue weighted by molar-refractivity contribution is 0.0906. The van der Waals surface area contributed by atoms with E-state index < -0.39 is 21.5 Å². The number of carbonyl (C=O) groups is 1. The van der Waals surface area contributed by atoms with Gasteiger partial charge in [0.25, 0.3) is 15.9 Å². The van der Waals surface area contributed by atoms with Gasteiger partial charge in [-0.05, 0) is 57.5 Å². The van der Waals surface area contributed by atoms with Gasteiger partial charge < -0.3 is 19.4 Å². The summed E-state index contributed by atoms with van der Waals surface area (Å²) in [6, 6.07) is 10.4. The molecular formula is C21H29N3O5S. The summed E-state index contributed by atoms with van der Waals surface area (Å²) in [7, 11) is -3.84. The first kappa shape index (κ1) is 22.3. The van der Waals surface area contributed by atoms with Crippen molar-refractivity contribution in [3.05, 3.63) is 47.7 Å². The fourth-order valence-corrected chi connectivity index (χ4v) is 4.54. The van der Waals surface area contributed by atoms with E-state index in [9.17, 15) is 13.2 Å². The predicted molar refractivity (Wildman–Crippen MR) is 114 cm³/mol. The topological polar surface area (TPSA) is 101 Å². The SMILES string of the molecule is CC(NC(=O)c1ccc(S(=O)(=O)NC(C)(C)C)o1)c1ccc(N2CCOCC2)cc1. The number of hydrogen-bond acceptors (Lipinski definition) is 6. The third-order valence-electron chi connectivity index (χ3n) is 4.63. The minimum atomic E-state index is -3.84. The maximum Gasteiger partial charge on any atom is 0.287 e. The number of nitrogens with zero attached hydrogens (tertiary/aromatic N) is 1. The molecule has 1 atom stereocenters. The number of benzene rings is 1. The Hall–Kier alpha value is -2.36. The van der Waals surface area contributed by atoms with Crippen molar-refractivity contribution in [1.29, 1.82) is 0 Å². The van der Waals surface area contributed by atoms with Crippen LogP contribution in [0, 0.1) is 0 Å². The van der Waals surface area contributed by atoms with Crippen molar-refractivity contribution in [1.82, 2.24) is 10.0 Å². The largest absolute Gasteiger partial charge is 0.438 e. The zero-order chi connectivity index (χ0) is 21.9. The molecule has 1 saturated heterocycles. The molecule has 9 heteroatoms. The zero-order valence-electron chi connectivity index (χ0n) is 17.8. The molecule has 0 spiro atoms. The summed E-state index contributed by atoms with van der Waals surface area (Å²) in [5, 5.41) is 2.56. The minimum Gasteiger partial charge on any atom is -0.438 e. The number of rotatable bonds is 6.